The molecule has 0 aliphatic rings. The van der Waals surface area contributed by atoms with Crippen molar-refractivity contribution >= 4 is 18.4 Å². The first-order chi connectivity index (χ1) is 9.22. The van der Waals surface area contributed by atoms with Gasteiger partial charge in [0.25, 0.3) is 0 Å². The first-order valence-electron chi connectivity index (χ1n) is 6.44. The molecule has 0 saturated heterocycles. The Morgan fingerprint density at radius 1 is 1.05 bits per heavy atom. The molecule has 0 N–H and O–H groups in total. The second-order valence-corrected chi connectivity index (χ2v) is 4.56. The fraction of sp³-hybridized carbons (Fsp3) is 0.176. The van der Waals surface area contributed by atoms with Crippen LogP contribution < -0.4 is 4.57 Å². The number of carbonyl (C=O) groups excluding carboxylic acids is 1. The van der Waals surface area contributed by atoms with Gasteiger partial charge in [0.05, 0.1) is 0 Å². The van der Waals surface area contributed by atoms with Crippen molar-refractivity contribution in [2.75, 3.05) is 0 Å². The van der Waals surface area contributed by atoms with Crippen molar-refractivity contribution in [1.82, 2.24) is 0 Å². The lowest BCUT2D eigenvalue weighted by Gasteiger charge is -2.01. The third-order valence-corrected chi connectivity index (χ3v) is 3.13. The number of rotatable bonds is 4. The molecule has 0 amide bonds. The molecule has 2 rings (SSSR count). The summed E-state index contributed by atoms with van der Waals surface area (Å²) in [6.45, 7) is 2.16. The maximum atomic E-state index is 10.6. The Labute approximate surface area is 114 Å². The van der Waals surface area contributed by atoms with Crippen LogP contribution in [0.15, 0.2) is 42.7 Å². The van der Waals surface area contributed by atoms with Crippen LogP contribution >= 0.6 is 0 Å². The van der Waals surface area contributed by atoms with E-state index in [0.29, 0.717) is 5.56 Å². The molecule has 0 aliphatic carbocycles. The van der Waals surface area contributed by atoms with Gasteiger partial charge in [0, 0.05) is 17.2 Å². The smallest absolute Gasteiger partial charge is 0.172 e. The van der Waals surface area contributed by atoms with Gasteiger partial charge in [-0.05, 0) is 17.5 Å². The molecule has 0 atom stereocenters. The fourth-order valence-corrected chi connectivity index (χ4v) is 2.00. The van der Waals surface area contributed by atoms with Crippen LogP contribution in [0.2, 0.25) is 0 Å². The number of pyridine rings is 1. The van der Waals surface area contributed by atoms with E-state index in [1.165, 1.54) is 11.1 Å². The van der Waals surface area contributed by atoms with Crippen molar-refractivity contribution in [3.05, 3.63) is 65.0 Å². The van der Waals surface area contributed by atoms with E-state index < -0.39 is 0 Å². The molecule has 96 valence electrons. The maximum absolute atomic E-state index is 10.6. The summed E-state index contributed by atoms with van der Waals surface area (Å²) in [7, 11) is 2.03. The fourth-order valence-electron chi connectivity index (χ4n) is 2.00. The molecule has 2 aromatic rings. The number of hydrogen-bond donors (Lipinski definition) is 0. The minimum atomic E-state index is 0.707. The van der Waals surface area contributed by atoms with Gasteiger partial charge in [-0.2, -0.15) is 0 Å². The summed E-state index contributed by atoms with van der Waals surface area (Å²) in [6.07, 6.45) is 10.3. The molecule has 0 fully saturated rings. The summed E-state index contributed by atoms with van der Waals surface area (Å²) in [6, 6.07) is 9.69. The molecule has 1 aromatic heterocycles. The van der Waals surface area contributed by atoms with Gasteiger partial charge in [0.1, 0.15) is 13.3 Å². The summed E-state index contributed by atoms with van der Waals surface area (Å²) in [5, 5.41) is 0. The molecule has 0 radical (unpaired) electrons. The van der Waals surface area contributed by atoms with Gasteiger partial charge in [-0.1, -0.05) is 43.3 Å². The van der Waals surface area contributed by atoms with Crippen molar-refractivity contribution in [2.24, 2.45) is 7.05 Å². The molecular formula is C17H18NO+. The van der Waals surface area contributed by atoms with Gasteiger partial charge in [-0.15, -0.1) is 0 Å². The summed E-state index contributed by atoms with van der Waals surface area (Å²) in [5.74, 6) is 0. The number of benzene rings is 1. The number of aldehydes is 1. The molecule has 19 heavy (non-hydrogen) atoms. The second kappa shape index (κ2) is 6.10. The summed E-state index contributed by atoms with van der Waals surface area (Å²) >= 11 is 0. The van der Waals surface area contributed by atoms with E-state index in [1.807, 2.05) is 37.5 Å². The predicted molar refractivity (Wildman–Crippen MR) is 77.8 cm³/mol. The Morgan fingerprint density at radius 2 is 1.74 bits per heavy atom. The van der Waals surface area contributed by atoms with E-state index >= 15 is 0 Å². The Kier molecular flexibility index (Phi) is 4.24. The van der Waals surface area contributed by atoms with Crippen LogP contribution in [-0.4, -0.2) is 6.29 Å². The highest BCUT2D eigenvalue weighted by Gasteiger charge is 2.02. The first-order valence-corrected chi connectivity index (χ1v) is 6.44. The first kappa shape index (κ1) is 13.2. The molecule has 1 heterocycles. The van der Waals surface area contributed by atoms with Gasteiger partial charge in [-0.3, -0.25) is 4.79 Å². The largest absolute Gasteiger partial charge is 0.298 e. The Bertz CT molecular complexity index is 597. The highest BCUT2D eigenvalue weighted by atomic mass is 16.1. The van der Waals surface area contributed by atoms with Crippen molar-refractivity contribution in [1.29, 1.82) is 0 Å². The summed E-state index contributed by atoms with van der Waals surface area (Å²) in [5.41, 5.74) is 4.37. The second-order valence-electron chi connectivity index (χ2n) is 4.56. The van der Waals surface area contributed by atoms with E-state index in [2.05, 4.69) is 35.9 Å². The average molecular weight is 252 g/mol. The van der Waals surface area contributed by atoms with Gasteiger partial charge < -0.3 is 0 Å². The quantitative estimate of drug-likeness (QED) is 0.605. The summed E-state index contributed by atoms with van der Waals surface area (Å²) in [4.78, 5) is 10.6. The minimum absolute atomic E-state index is 0.707. The zero-order valence-corrected chi connectivity index (χ0v) is 11.3. The molecule has 2 heteroatoms. The molecule has 0 spiro atoms. The third-order valence-electron chi connectivity index (χ3n) is 3.13. The van der Waals surface area contributed by atoms with Gasteiger partial charge >= 0.3 is 0 Å². The number of aryl methyl sites for hydroxylation is 2. The number of carbonyl (C=O) groups is 1. The zero-order chi connectivity index (χ0) is 13.7. The van der Waals surface area contributed by atoms with E-state index in [-0.39, 0.29) is 0 Å². The number of nitrogens with zero attached hydrogens (tertiary/aromatic N) is 1. The summed E-state index contributed by atoms with van der Waals surface area (Å²) < 4.78 is 2.06. The standard InChI is InChI=1S/C17H18NO/c1-3-16-12-18(2)11-10-17(16)9-8-14-4-6-15(13-19)7-5-14/h4-13H,3H2,1-2H3/q+1. The monoisotopic (exact) mass is 252 g/mol. The molecule has 0 saturated carbocycles. The Hall–Kier alpha value is -2.22. The van der Waals surface area contributed by atoms with Crippen molar-refractivity contribution in [3.8, 4) is 0 Å². The van der Waals surface area contributed by atoms with Crippen LogP contribution in [0.5, 0.6) is 0 Å². The van der Waals surface area contributed by atoms with Gasteiger partial charge in [-0.25, -0.2) is 4.57 Å². The highest BCUT2D eigenvalue weighted by molar-refractivity contribution is 5.76. The lowest BCUT2D eigenvalue weighted by atomic mass is 10.1. The van der Waals surface area contributed by atoms with E-state index in [4.69, 9.17) is 0 Å². The number of hydrogen-bond acceptors (Lipinski definition) is 1. The minimum Gasteiger partial charge on any atom is -0.298 e. The van der Waals surface area contributed by atoms with Crippen molar-refractivity contribution < 1.29 is 9.36 Å². The van der Waals surface area contributed by atoms with Crippen LogP contribution in [0.4, 0.5) is 0 Å². The van der Waals surface area contributed by atoms with Crippen molar-refractivity contribution in [2.45, 2.75) is 13.3 Å². The number of aromatic nitrogens is 1. The van der Waals surface area contributed by atoms with Crippen LogP contribution in [0.3, 0.4) is 0 Å². The SMILES string of the molecule is CCc1c[n+](C)ccc1C=Cc1ccc(C=O)cc1. The van der Waals surface area contributed by atoms with Gasteiger partial charge in [0.15, 0.2) is 12.4 Å². The zero-order valence-electron chi connectivity index (χ0n) is 11.3. The molecule has 1 aromatic carbocycles. The van der Waals surface area contributed by atoms with Crippen LogP contribution in [0.1, 0.15) is 34.0 Å². The highest BCUT2D eigenvalue weighted by Crippen LogP contribution is 2.12. The third kappa shape index (κ3) is 3.38. The Morgan fingerprint density at radius 3 is 2.37 bits per heavy atom. The van der Waals surface area contributed by atoms with Crippen LogP contribution in [0.25, 0.3) is 12.2 Å². The lowest BCUT2D eigenvalue weighted by Crippen LogP contribution is -2.27. The van der Waals surface area contributed by atoms with Gasteiger partial charge in [0.2, 0.25) is 0 Å². The van der Waals surface area contributed by atoms with Crippen molar-refractivity contribution in [3.63, 3.8) is 0 Å². The predicted octanol–water partition coefficient (Wildman–Crippen LogP) is 3.06. The molecule has 0 aliphatic heterocycles. The van der Waals surface area contributed by atoms with E-state index in [0.717, 1.165) is 18.3 Å². The van der Waals surface area contributed by atoms with E-state index in [1.54, 1.807) is 0 Å². The molecule has 0 bridgehead atoms. The maximum Gasteiger partial charge on any atom is 0.172 e. The van der Waals surface area contributed by atoms with E-state index in [9.17, 15) is 4.79 Å². The normalized spacial score (nSPS) is 10.8. The Balaban J connectivity index is 2.24. The topological polar surface area (TPSA) is 20.9 Å². The molecule has 0 unspecified atom stereocenters. The van der Waals surface area contributed by atoms with Crippen LogP contribution in [-0.2, 0) is 13.5 Å². The lowest BCUT2D eigenvalue weighted by molar-refractivity contribution is -0.671. The molecular weight excluding hydrogens is 234 g/mol. The van der Waals surface area contributed by atoms with Crippen LogP contribution in [0, 0.1) is 0 Å². The average Bonchev–Trinajstić information content (AvgIpc) is 2.46. The molecule has 2 nitrogen and oxygen atoms in total.